The molecule has 0 aromatic rings. The summed E-state index contributed by atoms with van der Waals surface area (Å²) in [6, 6.07) is 0. The minimum absolute atomic E-state index is 0.0282. The summed E-state index contributed by atoms with van der Waals surface area (Å²) in [6.45, 7) is 4.06. The summed E-state index contributed by atoms with van der Waals surface area (Å²) in [5.41, 5.74) is 0. The molecule has 0 radical (unpaired) electrons. The Balaban J connectivity index is 1.64. The summed E-state index contributed by atoms with van der Waals surface area (Å²) in [5, 5.41) is 0. The number of unbranched alkanes of at least 4 members (excludes halogenated alkanes) is 12. The number of carbonyl (C=O) groups is 1. The van der Waals surface area contributed by atoms with Gasteiger partial charge in [0.05, 0.1) is 12.5 Å². The van der Waals surface area contributed by atoms with E-state index in [4.69, 9.17) is 9.47 Å². The minimum Gasteiger partial charge on any atom is -0.463 e. The first-order chi connectivity index (χ1) is 11.8. The van der Waals surface area contributed by atoms with Gasteiger partial charge in [0, 0.05) is 6.61 Å². The molecule has 0 unspecified atom stereocenters. The number of esters is 1. The van der Waals surface area contributed by atoms with Crippen molar-refractivity contribution in [3.05, 3.63) is 0 Å². The van der Waals surface area contributed by atoms with Crippen LogP contribution in [0.4, 0.5) is 0 Å². The van der Waals surface area contributed by atoms with Crippen LogP contribution < -0.4 is 0 Å². The predicted octanol–water partition coefficient (Wildman–Crippen LogP) is 6.05. The first kappa shape index (κ1) is 21.5. The predicted molar refractivity (Wildman–Crippen MR) is 100 cm³/mol. The Morgan fingerprint density at radius 1 is 0.708 bits per heavy atom. The Bertz CT molecular complexity index is 287. The Morgan fingerprint density at radius 2 is 1.21 bits per heavy atom. The highest BCUT2D eigenvalue weighted by atomic mass is 16.6. The molecule has 3 nitrogen and oxygen atoms in total. The van der Waals surface area contributed by atoms with Crippen LogP contribution in [0.15, 0.2) is 0 Å². The van der Waals surface area contributed by atoms with Crippen molar-refractivity contribution >= 4 is 5.97 Å². The van der Waals surface area contributed by atoms with E-state index in [2.05, 4.69) is 6.92 Å². The molecule has 0 amide bonds. The van der Waals surface area contributed by atoms with Gasteiger partial charge in [0.25, 0.3) is 0 Å². The molecule has 0 aliphatic heterocycles. The Kier molecular flexibility index (Phi) is 14.3. The standard InChI is InChI=1S/C21H40O3/c1-2-3-4-5-6-7-8-9-10-11-12-13-14-17-23-18-19-24-21(22)20-15-16-20/h20H,2-19H2,1H3. The summed E-state index contributed by atoms with van der Waals surface area (Å²) >= 11 is 0. The smallest absolute Gasteiger partial charge is 0.309 e. The van der Waals surface area contributed by atoms with Crippen LogP contribution in [0.3, 0.4) is 0 Å². The van der Waals surface area contributed by atoms with Crippen LogP contribution in [-0.2, 0) is 14.3 Å². The van der Waals surface area contributed by atoms with Gasteiger partial charge in [-0.3, -0.25) is 4.79 Å². The summed E-state index contributed by atoms with van der Waals surface area (Å²) in [6.07, 6.45) is 19.9. The second kappa shape index (κ2) is 15.9. The van der Waals surface area contributed by atoms with Gasteiger partial charge >= 0.3 is 5.97 Å². The van der Waals surface area contributed by atoms with Crippen molar-refractivity contribution in [3.63, 3.8) is 0 Å². The lowest BCUT2D eigenvalue weighted by Gasteiger charge is -2.06. The zero-order chi connectivity index (χ0) is 17.3. The molecule has 1 rings (SSSR count). The van der Waals surface area contributed by atoms with Crippen molar-refractivity contribution in [1.29, 1.82) is 0 Å². The second-order valence-electron chi connectivity index (χ2n) is 7.30. The van der Waals surface area contributed by atoms with Crippen molar-refractivity contribution in [2.24, 2.45) is 5.92 Å². The third-order valence-corrected chi connectivity index (χ3v) is 4.77. The van der Waals surface area contributed by atoms with Gasteiger partial charge in [-0.1, -0.05) is 84.0 Å². The van der Waals surface area contributed by atoms with Crippen LogP contribution in [0.5, 0.6) is 0 Å². The molecule has 1 aliphatic carbocycles. The Hall–Kier alpha value is -0.570. The van der Waals surface area contributed by atoms with E-state index >= 15 is 0 Å². The lowest BCUT2D eigenvalue weighted by Crippen LogP contribution is -2.12. The molecule has 1 aliphatic rings. The zero-order valence-corrected chi connectivity index (χ0v) is 16.0. The number of carbonyl (C=O) groups excluding carboxylic acids is 1. The van der Waals surface area contributed by atoms with E-state index in [1.54, 1.807) is 0 Å². The van der Waals surface area contributed by atoms with Gasteiger partial charge in [0.15, 0.2) is 0 Å². The van der Waals surface area contributed by atoms with Crippen LogP contribution in [0, 0.1) is 5.92 Å². The highest BCUT2D eigenvalue weighted by molar-refractivity contribution is 5.74. The topological polar surface area (TPSA) is 35.5 Å². The van der Waals surface area contributed by atoms with Crippen molar-refractivity contribution in [2.75, 3.05) is 19.8 Å². The van der Waals surface area contributed by atoms with Gasteiger partial charge in [-0.05, 0) is 19.3 Å². The molecule has 0 saturated heterocycles. The van der Waals surface area contributed by atoms with Crippen LogP contribution in [0.2, 0.25) is 0 Å². The van der Waals surface area contributed by atoms with Crippen molar-refractivity contribution in [2.45, 2.75) is 103 Å². The van der Waals surface area contributed by atoms with Gasteiger partial charge in [0.2, 0.25) is 0 Å². The average Bonchev–Trinajstić information content (AvgIpc) is 3.42. The number of hydrogen-bond donors (Lipinski definition) is 0. The van der Waals surface area contributed by atoms with E-state index in [0.29, 0.717) is 13.2 Å². The van der Waals surface area contributed by atoms with E-state index in [0.717, 1.165) is 25.9 Å². The van der Waals surface area contributed by atoms with Crippen LogP contribution in [-0.4, -0.2) is 25.8 Å². The SMILES string of the molecule is CCCCCCCCCCCCCCCOCCOC(=O)C1CC1. The molecule has 0 atom stereocenters. The second-order valence-corrected chi connectivity index (χ2v) is 7.30. The van der Waals surface area contributed by atoms with Crippen molar-refractivity contribution in [1.82, 2.24) is 0 Å². The normalized spacial score (nSPS) is 14.0. The van der Waals surface area contributed by atoms with Crippen molar-refractivity contribution in [3.8, 4) is 0 Å². The molecule has 24 heavy (non-hydrogen) atoms. The number of ether oxygens (including phenoxy) is 2. The third-order valence-electron chi connectivity index (χ3n) is 4.77. The first-order valence-electron chi connectivity index (χ1n) is 10.6. The Morgan fingerprint density at radius 3 is 1.71 bits per heavy atom. The molecular formula is C21H40O3. The number of rotatable bonds is 18. The Labute approximate surface area is 149 Å². The maximum Gasteiger partial charge on any atom is 0.309 e. The molecule has 1 saturated carbocycles. The van der Waals surface area contributed by atoms with Gasteiger partial charge in [0.1, 0.15) is 6.61 Å². The zero-order valence-electron chi connectivity index (χ0n) is 16.0. The quantitative estimate of drug-likeness (QED) is 0.225. The van der Waals surface area contributed by atoms with Crippen LogP contribution in [0.1, 0.15) is 103 Å². The molecule has 0 spiro atoms. The fourth-order valence-corrected chi connectivity index (χ4v) is 2.96. The average molecular weight is 341 g/mol. The van der Waals surface area contributed by atoms with E-state index in [-0.39, 0.29) is 11.9 Å². The summed E-state index contributed by atoms with van der Waals surface area (Å²) in [4.78, 5) is 11.3. The fourth-order valence-electron chi connectivity index (χ4n) is 2.96. The van der Waals surface area contributed by atoms with Crippen LogP contribution >= 0.6 is 0 Å². The van der Waals surface area contributed by atoms with E-state index < -0.39 is 0 Å². The van der Waals surface area contributed by atoms with Crippen molar-refractivity contribution < 1.29 is 14.3 Å². The third kappa shape index (κ3) is 13.8. The monoisotopic (exact) mass is 340 g/mol. The molecule has 142 valence electrons. The highest BCUT2D eigenvalue weighted by Gasteiger charge is 2.30. The molecule has 3 heteroatoms. The largest absolute Gasteiger partial charge is 0.463 e. The molecule has 0 bridgehead atoms. The number of hydrogen-bond acceptors (Lipinski definition) is 3. The maximum absolute atomic E-state index is 11.3. The van der Waals surface area contributed by atoms with Gasteiger partial charge in [-0.2, -0.15) is 0 Å². The van der Waals surface area contributed by atoms with Gasteiger partial charge in [-0.15, -0.1) is 0 Å². The van der Waals surface area contributed by atoms with Gasteiger partial charge in [-0.25, -0.2) is 0 Å². The van der Waals surface area contributed by atoms with Crippen LogP contribution in [0.25, 0.3) is 0 Å². The maximum atomic E-state index is 11.3. The lowest BCUT2D eigenvalue weighted by molar-refractivity contribution is -0.146. The van der Waals surface area contributed by atoms with E-state index in [1.165, 1.54) is 77.0 Å². The van der Waals surface area contributed by atoms with Gasteiger partial charge < -0.3 is 9.47 Å². The van der Waals surface area contributed by atoms with E-state index in [1.807, 2.05) is 0 Å². The summed E-state index contributed by atoms with van der Waals surface area (Å²) in [7, 11) is 0. The summed E-state index contributed by atoms with van der Waals surface area (Å²) < 4.78 is 10.6. The first-order valence-corrected chi connectivity index (χ1v) is 10.6. The molecule has 0 aromatic carbocycles. The molecule has 1 fully saturated rings. The lowest BCUT2D eigenvalue weighted by atomic mass is 10.0. The fraction of sp³-hybridized carbons (Fsp3) is 0.952. The molecule has 0 aromatic heterocycles. The molecule has 0 heterocycles. The summed E-state index contributed by atoms with van der Waals surface area (Å²) in [5.74, 6) is 0.172. The minimum atomic E-state index is -0.0282. The molecule has 0 N–H and O–H groups in total. The van der Waals surface area contributed by atoms with E-state index in [9.17, 15) is 4.79 Å². The highest BCUT2D eigenvalue weighted by Crippen LogP contribution is 2.29. The molecular weight excluding hydrogens is 300 g/mol.